The van der Waals surface area contributed by atoms with Crippen LogP contribution in [0.5, 0.6) is 0 Å². The van der Waals surface area contributed by atoms with Crippen molar-refractivity contribution in [2.75, 3.05) is 7.05 Å². The average molecular weight is 275 g/mol. The number of hydrogen-bond acceptors (Lipinski definition) is 1. The molecule has 0 radical (unpaired) electrons. The minimum absolute atomic E-state index is 0.0244. The summed E-state index contributed by atoms with van der Waals surface area (Å²) in [6.45, 7) is 0. The van der Waals surface area contributed by atoms with Gasteiger partial charge in [-0.1, -0.05) is 0 Å². The molecule has 1 N–H and O–H groups in total. The molecule has 0 aliphatic heterocycles. The van der Waals surface area contributed by atoms with Gasteiger partial charge in [0, 0.05) is 11.6 Å². The van der Waals surface area contributed by atoms with Gasteiger partial charge in [-0.15, -0.1) is 0 Å². The van der Waals surface area contributed by atoms with E-state index in [1.165, 1.54) is 0 Å². The van der Waals surface area contributed by atoms with E-state index in [0.29, 0.717) is 0 Å². The first-order valence-corrected chi connectivity index (χ1v) is 4.69. The Balaban J connectivity index is 3.30. The molecule has 0 aromatic heterocycles. The molecule has 1 aromatic rings. The Bertz CT molecular complexity index is 432. The Morgan fingerprint density at radius 2 is 1.50 bits per heavy atom. The molecular weight excluding hydrogens is 267 g/mol. The van der Waals surface area contributed by atoms with E-state index < -0.39 is 41.4 Å². The Morgan fingerprint density at radius 3 is 1.94 bits per heavy atom. The molecule has 102 valence electrons. The van der Waals surface area contributed by atoms with Crippen LogP contribution >= 0.6 is 0 Å². The van der Waals surface area contributed by atoms with Gasteiger partial charge in [-0.3, -0.25) is 0 Å². The molecule has 0 aliphatic carbocycles. The summed E-state index contributed by atoms with van der Waals surface area (Å²) in [6, 6.07) is -2.31. The van der Waals surface area contributed by atoms with Crippen molar-refractivity contribution in [3.63, 3.8) is 0 Å². The van der Waals surface area contributed by atoms with Crippen LogP contribution in [-0.4, -0.2) is 19.4 Å². The highest BCUT2D eigenvalue weighted by molar-refractivity contribution is 5.25. The van der Waals surface area contributed by atoms with E-state index in [0.717, 1.165) is 7.05 Å². The molecule has 1 unspecified atom stereocenters. The van der Waals surface area contributed by atoms with Crippen molar-refractivity contribution in [3.8, 4) is 0 Å². The molecule has 1 atom stereocenters. The predicted octanol–water partition coefficient (Wildman–Crippen LogP) is 3.26. The summed E-state index contributed by atoms with van der Waals surface area (Å²) in [5.74, 6) is -9.35. The summed E-state index contributed by atoms with van der Waals surface area (Å²) in [6.07, 6.45) is -4.08. The fraction of sp³-hybridized carbons (Fsp3) is 0.400. The molecular formula is C10H8F7N. The van der Waals surface area contributed by atoms with Crippen LogP contribution in [-0.2, 0) is 0 Å². The maximum absolute atomic E-state index is 13.2. The van der Waals surface area contributed by atoms with Crippen LogP contribution in [0.2, 0.25) is 0 Å². The first-order chi connectivity index (χ1) is 8.21. The van der Waals surface area contributed by atoms with Crippen molar-refractivity contribution >= 4 is 0 Å². The molecule has 0 heterocycles. The topological polar surface area (TPSA) is 12.0 Å². The van der Waals surface area contributed by atoms with Gasteiger partial charge in [0.2, 0.25) is 0 Å². The van der Waals surface area contributed by atoms with Crippen LogP contribution in [0.15, 0.2) is 12.1 Å². The largest absolute Gasteiger partial charge is 0.326 e. The van der Waals surface area contributed by atoms with Gasteiger partial charge in [-0.2, -0.15) is 8.78 Å². The third-order valence-corrected chi connectivity index (χ3v) is 2.32. The second-order valence-electron chi connectivity index (χ2n) is 3.48. The Hall–Kier alpha value is -1.31. The number of rotatable bonds is 4. The molecule has 0 saturated carbocycles. The Morgan fingerprint density at radius 1 is 1.00 bits per heavy atom. The minimum Gasteiger partial charge on any atom is -0.308 e. The van der Waals surface area contributed by atoms with E-state index in [4.69, 9.17) is 0 Å². The van der Waals surface area contributed by atoms with Crippen molar-refractivity contribution in [2.45, 2.75) is 18.4 Å². The van der Waals surface area contributed by atoms with Gasteiger partial charge in [-0.05, 0) is 13.1 Å². The SMILES string of the molecule is CNC(c1cc(F)c(F)cc1F)C(F)(F)C(F)F. The molecule has 0 amide bonds. The van der Waals surface area contributed by atoms with Crippen LogP contribution in [0.25, 0.3) is 0 Å². The number of alkyl halides is 4. The molecule has 0 bridgehead atoms. The second-order valence-corrected chi connectivity index (χ2v) is 3.48. The molecule has 8 heteroatoms. The predicted molar refractivity (Wildman–Crippen MR) is 49.1 cm³/mol. The maximum Gasteiger partial charge on any atom is 0.326 e. The number of hydrogen-bond donors (Lipinski definition) is 1. The van der Waals surface area contributed by atoms with E-state index >= 15 is 0 Å². The van der Waals surface area contributed by atoms with E-state index in [-0.39, 0.29) is 12.1 Å². The van der Waals surface area contributed by atoms with Crippen LogP contribution in [0.1, 0.15) is 11.6 Å². The molecule has 1 aromatic carbocycles. The third-order valence-electron chi connectivity index (χ3n) is 2.32. The average Bonchev–Trinajstić information content (AvgIpc) is 2.25. The molecule has 0 fully saturated rings. The highest BCUT2D eigenvalue weighted by Gasteiger charge is 2.49. The molecule has 1 rings (SSSR count). The molecule has 0 aliphatic rings. The molecule has 1 nitrogen and oxygen atoms in total. The van der Waals surface area contributed by atoms with Gasteiger partial charge in [0.05, 0.1) is 0 Å². The van der Waals surface area contributed by atoms with Gasteiger partial charge in [0.25, 0.3) is 0 Å². The quantitative estimate of drug-likeness (QED) is 0.657. The molecule has 0 saturated heterocycles. The minimum atomic E-state index is -4.63. The Kier molecular flexibility index (Phi) is 4.20. The lowest BCUT2D eigenvalue weighted by atomic mass is 10.00. The zero-order valence-electron chi connectivity index (χ0n) is 8.96. The zero-order chi connectivity index (χ0) is 14.1. The Labute approximate surface area is 97.6 Å². The summed E-state index contributed by atoms with van der Waals surface area (Å²) in [5.41, 5.74) is -1.07. The lowest BCUT2D eigenvalue weighted by Gasteiger charge is -2.26. The van der Waals surface area contributed by atoms with Gasteiger partial charge in [-0.25, -0.2) is 22.0 Å². The standard InChI is InChI=1S/C10H8F7N/c1-18-8(10(16,17)9(14)15)4-2-6(12)7(13)3-5(4)11/h2-3,8-9,18H,1H3. The van der Waals surface area contributed by atoms with Crippen LogP contribution in [0.3, 0.4) is 0 Å². The summed E-state index contributed by atoms with van der Waals surface area (Å²) < 4.78 is 89.3. The highest BCUT2D eigenvalue weighted by Crippen LogP contribution is 2.37. The van der Waals surface area contributed by atoms with Crippen LogP contribution in [0.4, 0.5) is 30.7 Å². The molecule has 0 spiro atoms. The monoisotopic (exact) mass is 275 g/mol. The van der Waals surface area contributed by atoms with Gasteiger partial charge < -0.3 is 5.32 Å². The van der Waals surface area contributed by atoms with E-state index in [9.17, 15) is 30.7 Å². The number of nitrogens with one attached hydrogen (secondary N) is 1. The van der Waals surface area contributed by atoms with E-state index in [1.807, 2.05) is 0 Å². The fourth-order valence-electron chi connectivity index (χ4n) is 1.44. The maximum atomic E-state index is 13.2. The second kappa shape index (κ2) is 5.13. The smallest absolute Gasteiger partial charge is 0.308 e. The van der Waals surface area contributed by atoms with E-state index in [2.05, 4.69) is 0 Å². The first kappa shape index (κ1) is 14.7. The number of benzene rings is 1. The fourth-order valence-corrected chi connectivity index (χ4v) is 1.44. The van der Waals surface area contributed by atoms with Crippen LogP contribution < -0.4 is 5.32 Å². The lowest BCUT2D eigenvalue weighted by molar-refractivity contribution is -0.151. The van der Waals surface area contributed by atoms with Gasteiger partial charge >= 0.3 is 12.3 Å². The normalized spacial score (nSPS) is 14.1. The van der Waals surface area contributed by atoms with Crippen molar-refractivity contribution in [1.29, 1.82) is 0 Å². The zero-order valence-corrected chi connectivity index (χ0v) is 8.96. The van der Waals surface area contributed by atoms with Crippen LogP contribution in [0, 0.1) is 17.5 Å². The van der Waals surface area contributed by atoms with E-state index in [1.54, 1.807) is 5.32 Å². The van der Waals surface area contributed by atoms with Crippen molar-refractivity contribution < 1.29 is 30.7 Å². The number of halogens is 7. The summed E-state index contributed by atoms with van der Waals surface area (Å²) in [4.78, 5) is 0. The summed E-state index contributed by atoms with van der Waals surface area (Å²) >= 11 is 0. The van der Waals surface area contributed by atoms with Gasteiger partial charge in [0.15, 0.2) is 11.6 Å². The molecule has 18 heavy (non-hydrogen) atoms. The van der Waals surface area contributed by atoms with Gasteiger partial charge in [0.1, 0.15) is 11.9 Å². The summed E-state index contributed by atoms with van der Waals surface area (Å²) in [7, 11) is 0.877. The third kappa shape index (κ3) is 2.58. The highest BCUT2D eigenvalue weighted by atomic mass is 19.3. The van der Waals surface area contributed by atoms with Crippen molar-refractivity contribution in [2.24, 2.45) is 0 Å². The van der Waals surface area contributed by atoms with Crippen molar-refractivity contribution in [3.05, 3.63) is 35.1 Å². The lowest BCUT2D eigenvalue weighted by Crippen LogP contribution is -2.41. The summed E-state index contributed by atoms with van der Waals surface area (Å²) in [5, 5.41) is 1.77. The first-order valence-electron chi connectivity index (χ1n) is 4.69. The van der Waals surface area contributed by atoms with Crippen molar-refractivity contribution in [1.82, 2.24) is 5.32 Å².